The Morgan fingerprint density at radius 1 is 1.19 bits per heavy atom. The molecule has 0 atom stereocenters. The Bertz CT molecular complexity index is 1220. The molecule has 0 radical (unpaired) electrons. The molecule has 1 aliphatic carbocycles. The predicted molar refractivity (Wildman–Crippen MR) is 112 cm³/mol. The van der Waals surface area contributed by atoms with Crippen LogP contribution in [0.25, 0.3) is 21.4 Å². The minimum Gasteiger partial charge on any atom is -0.266 e. The molecule has 0 saturated carbocycles. The van der Waals surface area contributed by atoms with Gasteiger partial charge in [-0.25, -0.2) is 4.68 Å². The Morgan fingerprint density at radius 2 is 2.00 bits per heavy atom. The van der Waals surface area contributed by atoms with Crippen molar-refractivity contribution in [1.29, 1.82) is 0 Å². The Labute approximate surface area is 164 Å². The van der Waals surface area contributed by atoms with Gasteiger partial charge in [-0.15, -0.1) is 28.1 Å². The van der Waals surface area contributed by atoms with Crippen LogP contribution < -0.4 is 5.56 Å². The number of fused-ring (bicyclic) bond motifs is 5. The van der Waals surface area contributed by atoms with Crippen molar-refractivity contribution in [2.45, 2.75) is 30.8 Å². The SMILES string of the molecule is C=CCSc1nnc2c3c4c(sc3c(=O)n(-c3ccccc3)n12)CCCC4. The summed E-state index contributed by atoms with van der Waals surface area (Å²) in [6.45, 7) is 3.79. The standard InChI is InChI=1S/C20H18N4OS2/c1-2-12-26-20-22-21-18-16-14-10-6-7-11-15(14)27-17(16)19(25)23(24(18)20)13-8-4-3-5-9-13/h2-5,8-9H,1,6-7,10-12H2. The second-order valence-corrected chi connectivity index (χ2v) is 8.68. The van der Waals surface area contributed by atoms with E-state index in [1.807, 2.05) is 40.9 Å². The first-order valence-corrected chi connectivity index (χ1v) is 10.8. The summed E-state index contributed by atoms with van der Waals surface area (Å²) in [5.74, 6) is 0.712. The Morgan fingerprint density at radius 3 is 2.81 bits per heavy atom. The molecule has 1 aromatic carbocycles. The summed E-state index contributed by atoms with van der Waals surface area (Å²) in [7, 11) is 0. The monoisotopic (exact) mass is 394 g/mol. The van der Waals surface area contributed by atoms with E-state index in [0.717, 1.165) is 34.3 Å². The summed E-state index contributed by atoms with van der Waals surface area (Å²) >= 11 is 3.18. The highest BCUT2D eigenvalue weighted by atomic mass is 32.2. The molecular weight excluding hydrogens is 376 g/mol. The van der Waals surface area contributed by atoms with Crippen molar-refractivity contribution in [2.75, 3.05) is 5.75 Å². The van der Waals surface area contributed by atoms with Crippen LogP contribution in [0.2, 0.25) is 0 Å². The summed E-state index contributed by atoms with van der Waals surface area (Å²) in [6, 6.07) is 9.73. The molecule has 1 aliphatic rings. The van der Waals surface area contributed by atoms with Gasteiger partial charge in [-0.3, -0.25) is 4.79 Å². The second kappa shape index (κ2) is 6.65. The van der Waals surface area contributed by atoms with E-state index in [0.29, 0.717) is 10.9 Å². The first kappa shape index (κ1) is 16.8. The molecule has 0 saturated heterocycles. The van der Waals surface area contributed by atoms with Gasteiger partial charge < -0.3 is 0 Å². The van der Waals surface area contributed by atoms with Crippen LogP contribution in [0.4, 0.5) is 0 Å². The highest BCUT2D eigenvalue weighted by molar-refractivity contribution is 7.99. The number of hydrogen-bond donors (Lipinski definition) is 0. The Balaban J connectivity index is 1.93. The smallest absolute Gasteiger partial charge is 0.266 e. The molecule has 27 heavy (non-hydrogen) atoms. The second-order valence-electron chi connectivity index (χ2n) is 6.59. The summed E-state index contributed by atoms with van der Waals surface area (Å²) < 4.78 is 4.40. The van der Waals surface area contributed by atoms with Crippen LogP contribution in [0.1, 0.15) is 23.3 Å². The number of thiophene rings is 1. The van der Waals surface area contributed by atoms with Crippen LogP contribution >= 0.6 is 23.1 Å². The molecule has 4 aromatic rings. The fourth-order valence-electron chi connectivity index (χ4n) is 3.77. The van der Waals surface area contributed by atoms with Crippen LogP contribution in [0, 0.1) is 0 Å². The lowest BCUT2D eigenvalue weighted by molar-refractivity contribution is 0.687. The van der Waals surface area contributed by atoms with Crippen molar-refractivity contribution in [3.63, 3.8) is 0 Å². The van der Waals surface area contributed by atoms with Crippen LogP contribution in [0.5, 0.6) is 0 Å². The zero-order valence-corrected chi connectivity index (χ0v) is 16.4. The van der Waals surface area contributed by atoms with Gasteiger partial charge in [0.1, 0.15) is 4.70 Å². The highest BCUT2D eigenvalue weighted by Gasteiger charge is 2.25. The van der Waals surface area contributed by atoms with Gasteiger partial charge in [0.25, 0.3) is 5.56 Å². The Hall–Kier alpha value is -2.38. The summed E-state index contributed by atoms with van der Waals surface area (Å²) in [5, 5.41) is 10.6. The van der Waals surface area contributed by atoms with E-state index in [4.69, 9.17) is 0 Å². The van der Waals surface area contributed by atoms with Crippen LogP contribution in [-0.2, 0) is 12.8 Å². The third kappa shape index (κ3) is 2.56. The largest absolute Gasteiger partial charge is 0.288 e. The van der Waals surface area contributed by atoms with Crippen LogP contribution in [-0.4, -0.2) is 25.1 Å². The average Bonchev–Trinajstić information content (AvgIpc) is 3.29. The van der Waals surface area contributed by atoms with Gasteiger partial charge >= 0.3 is 0 Å². The number of aryl methyl sites for hydroxylation is 2. The van der Waals surface area contributed by atoms with E-state index < -0.39 is 0 Å². The van der Waals surface area contributed by atoms with E-state index >= 15 is 0 Å². The van der Waals surface area contributed by atoms with Gasteiger partial charge in [-0.2, -0.15) is 4.52 Å². The summed E-state index contributed by atoms with van der Waals surface area (Å²) in [4.78, 5) is 14.9. The van der Waals surface area contributed by atoms with Crippen LogP contribution in [0.15, 0.2) is 52.9 Å². The average molecular weight is 395 g/mol. The number of nitrogens with zero attached hydrogens (tertiary/aromatic N) is 4. The first-order valence-electron chi connectivity index (χ1n) is 9.03. The van der Waals surface area contributed by atoms with E-state index in [9.17, 15) is 4.79 Å². The minimum absolute atomic E-state index is 0.00310. The molecule has 0 unspecified atom stereocenters. The van der Waals surface area contributed by atoms with Crippen LogP contribution in [0.3, 0.4) is 0 Å². The van der Waals surface area contributed by atoms with Gasteiger partial charge in [0.05, 0.1) is 5.69 Å². The van der Waals surface area contributed by atoms with Crippen molar-refractivity contribution in [3.8, 4) is 5.69 Å². The maximum atomic E-state index is 13.6. The number of thioether (sulfide) groups is 1. The normalized spacial score (nSPS) is 13.9. The van der Waals surface area contributed by atoms with E-state index in [2.05, 4.69) is 16.8 Å². The number of aromatic nitrogens is 4. The van der Waals surface area contributed by atoms with Gasteiger partial charge in [0.15, 0.2) is 5.65 Å². The van der Waals surface area contributed by atoms with Crippen molar-refractivity contribution in [2.24, 2.45) is 0 Å². The molecular formula is C20H18N4OS2. The topological polar surface area (TPSA) is 52.2 Å². The third-order valence-corrected chi connectivity index (χ3v) is 7.12. The van der Waals surface area contributed by atoms with Gasteiger partial charge in [0.2, 0.25) is 5.16 Å². The first-order chi connectivity index (χ1) is 13.3. The molecule has 0 fully saturated rings. The van der Waals surface area contributed by atoms with Crippen molar-refractivity contribution in [1.82, 2.24) is 19.4 Å². The number of benzene rings is 1. The maximum Gasteiger partial charge on any atom is 0.288 e. The van der Waals surface area contributed by atoms with Gasteiger partial charge in [-0.05, 0) is 43.4 Å². The van der Waals surface area contributed by atoms with Crippen molar-refractivity contribution < 1.29 is 0 Å². The maximum absolute atomic E-state index is 13.6. The molecule has 5 rings (SSSR count). The highest BCUT2D eigenvalue weighted by Crippen LogP contribution is 2.37. The zero-order valence-electron chi connectivity index (χ0n) is 14.7. The van der Waals surface area contributed by atoms with Crippen molar-refractivity contribution >= 4 is 38.8 Å². The number of hydrogen-bond acceptors (Lipinski definition) is 5. The fourth-order valence-corrected chi connectivity index (χ4v) is 5.73. The molecule has 3 heterocycles. The lowest BCUT2D eigenvalue weighted by atomic mass is 9.97. The number of rotatable bonds is 4. The third-order valence-electron chi connectivity index (χ3n) is 4.92. The molecule has 5 nitrogen and oxygen atoms in total. The minimum atomic E-state index is 0.00310. The molecule has 0 bridgehead atoms. The quantitative estimate of drug-likeness (QED) is 0.383. The molecule has 0 amide bonds. The van der Waals surface area contributed by atoms with Crippen molar-refractivity contribution in [3.05, 3.63) is 63.8 Å². The predicted octanol–water partition coefficient (Wildman–Crippen LogP) is 4.25. The molecule has 3 aromatic heterocycles. The molecule has 136 valence electrons. The number of para-hydroxylation sites is 1. The molecule has 7 heteroatoms. The lowest BCUT2D eigenvalue weighted by Gasteiger charge is -2.13. The fraction of sp³-hybridized carbons (Fsp3) is 0.250. The van der Waals surface area contributed by atoms with E-state index in [1.165, 1.54) is 35.0 Å². The van der Waals surface area contributed by atoms with Gasteiger partial charge in [0, 0.05) is 16.0 Å². The van der Waals surface area contributed by atoms with E-state index in [-0.39, 0.29) is 5.56 Å². The lowest BCUT2D eigenvalue weighted by Crippen LogP contribution is -2.24. The van der Waals surface area contributed by atoms with E-state index in [1.54, 1.807) is 16.0 Å². The summed E-state index contributed by atoms with van der Waals surface area (Å²) in [6.07, 6.45) is 6.26. The molecule has 0 N–H and O–H groups in total. The van der Waals surface area contributed by atoms with Gasteiger partial charge in [-0.1, -0.05) is 36.0 Å². The zero-order chi connectivity index (χ0) is 18.4. The Kier molecular flexibility index (Phi) is 4.13. The summed E-state index contributed by atoms with van der Waals surface area (Å²) in [5.41, 5.74) is 2.90. The molecule has 0 aliphatic heterocycles. The molecule has 0 spiro atoms.